The summed E-state index contributed by atoms with van der Waals surface area (Å²) in [4.78, 5) is 1.47. The van der Waals surface area contributed by atoms with Gasteiger partial charge in [0.1, 0.15) is 0 Å². The van der Waals surface area contributed by atoms with Gasteiger partial charge in [0.05, 0.1) is 0 Å². The van der Waals surface area contributed by atoms with Crippen LogP contribution in [0.2, 0.25) is 0 Å². The summed E-state index contributed by atoms with van der Waals surface area (Å²) in [6.07, 6.45) is 2.44. The van der Waals surface area contributed by atoms with Crippen LogP contribution in [0, 0.1) is 0 Å². The molecule has 2 heteroatoms. The van der Waals surface area contributed by atoms with E-state index < -0.39 is 0 Å². The predicted octanol–water partition coefficient (Wildman–Crippen LogP) is 3.61. The van der Waals surface area contributed by atoms with Gasteiger partial charge in [-0.1, -0.05) is 32.0 Å². The van der Waals surface area contributed by atoms with Crippen molar-refractivity contribution in [2.75, 3.05) is 6.54 Å². The monoisotopic (exact) mass is 221 g/mol. The lowest BCUT2D eigenvalue weighted by molar-refractivity contribution is 0.510. The van der Waals surface area contributed by atoms with Crippen LogP contribution in [-0.4, -0.2) is 11.8 Å². The van der Waals surface area contributed by atoms with Crippen LogP contribution in [0.5, 0.6) is 0 Å². The lowest BCUT2D eigenvalue weighted by atomic mass is 10.0. The maximum atomic E-state index is 3.67. The topological polar surface area (TPSA) is 12.0 Å². The predicted molar refractivity (Wildman–Crippen MR) is 67.4 cm³/mol. The lowest BCUT2D eigenvalue weighted by Gasteiger charge is -2.19. The Morgan fingerprint density at radius 2 is 2.07 bits per heavy atom. The zero-order chi connectivity index (χ0) is 10.7. The summed E-state index contributed by atoms with van der Waals surface area (Å²) in [5, 5.41) is 4.38. The molecule has 1 aliphatic heterocycles. The molecule has 0 aliphatic carbocycles. The van der Waals surface area contributed by atoms with Crippen LogP contribution in [-0.2, 0) is 0 Å². The van der Waals surface area contributed by atoms with Crippen molar-refractivity contribution in [1.82, 2.24) is 5.32 Å². The van der Waals surface area contributed by atoms with Gasteiger partial charge in [0, 0.05) is 16.2 Å². The maximum Gasteiger partial charge on any atom is 0.0455 e. The van der Waals surface area contributed by atoms with E-state index in [2.05, 4.69) is 43.4 Å². The Balaban J connectivity index is 2.18. The third-order valence-electron chi connectivity index (χ3n) is 2.92. The summed E-state index contributed by atoms with van der Waals surface area (Å²) >= 11 is 2.03. The summed E-state index contributed by atoms with van der Waals surface area (Å²) < 4.78 is 0. The quantitative estimate of drug-likeness (QED) is 0.833. The van der Waals surface area contributed by atoms with Crippen molar-refractivity contribution >= 4 is 11.8 Å². The second-order valence-electron chi connectivity index (χ2n) is 4.03. The number of rotatable bonds is 4. The van der Waals surface area contributed by atoms with E-state index in [0.29, 0.717) is 11.3 Å². The highest BCUT2D eigenvalue weighted by molar-refractivity contribution is 8.00. The van der Waals surface area contributed by atoms with E-state index >= 15 is 0 Å². The third kappa shape index (κ3) is 2.21. The van der Waals surface area contributed by atoms with Crippen molar-refractivity contribution in [3.8, 4) is 0 Å². The van der Waals surface area contributed by atoms with Crippen LogP contribution in [0.15, 0.2) is 29.2 Å². The Morgan fingerprint density at radius 1 is 1.27 bits per heavy atom. The zero-order valence-electron chi connectivity index (χ0n) is 9.49. The summed E-state index contributed by atoms with van der Waals surface area (Å²) in [6, 6.07) is 9.37. The van der Waals surface area contributed by atoms with E-state index in [1.807, 2.05) is 11.8 Å². The molecule has 1 aromatic carbocycles. The standard InChI is InChI=1S/C13H19NS/c1-3-9-14-13-10-7-5-6-8-12(10)15-11(13)4-2/h5-8,11,13-14H,3-4,9H2,1-2H3. The first-order valence-electron chi connectivity index (χ1n) is 5.85. The average Bonchev–Trinajstić information content (AvgIpc) is 2.64. The van der Waals surface area contributed by atoms with Crippen molar-refractivity contribution < 1.29 is 0 Å². The summed E-state index contributed by atoms with van der Waals surface area (Å²) in [5.41, 5.74) is 1.50. The maximum absolute atomic E-state index is 3.67. The first kappa shape index (κ1) is 11.0. The van der Waals surface area contributed by atoms with Crippen LogP contribution in [0.3, 0.4) is 0 Å². The summed E-state index contributed by atoms with van der Waals surface area (Å²) in [6.45, 7) is 5.63. The van der Waals surface area contributed by atoms with Gasteiger partial charge in [-0.3, -0.25) is 0 Å². The molecule has 0 amide bonds. The molecular formula is C13H19NS. The van der Waals surface area contributed by atoms with Gasteiger partial charge in [0.25, 0.3) is 0 Å². The molecule has 1 aromatic rings. The third-order valence-corrected chi connectivity index (χ3v) is 4.45. The number of thioether (sulfide) groups is 1. The number of hydrogen-bond donors (Lipinski definition) is 1. The van der Waals surface area contributed by atoms with Gasteiger partial charge in [-0.05, 0) is 31.0 Å². The minimum absolute atomic E-state index is 0.566. The molecule has 82 valence electrons. The molecule has 1 N–H and O–H groups in total. The van der Waals surface area contributed by atoms with Crippen molar-refractivity contribution in [3.05, 3.63) is 29.8 Å². The van der Waals surface area contributed by atoms with Crippen molar-refractivity contribution in [2.45, 2.75) is 42.9 Å². The highest BCUT2D eigenvalue weighted by Crippen LogP contribution is 2.45. The first-order valence-corrected chi connectivity index (χ1v) is 6.73. The van der Waals surface area contributed by atoms with Gasteiger partial charge in [-0.15, -0.1) is 11.8 Å². The van der Waals surface area contributed by atoms with Gasteiger partial charge >= 0.3 is 0 Å². The minimum atomic E-state index is 0.566. The first-order chi connectivity index (χ1) is 7.36. The SMILES string of the molecule is CCCNC1c2ccccc2SC1CC. The molecular weight excluding hydrogens is 202 g/mol. The van der Waals surface area contributed by atoms with Crippen LogP contribution < -0.4 is 5.32 Å². The fourth-order valence-corrected chi connectivity index (χ4v) is 3.50. The fourth-order valence-electron chi connectivity index (χ4n) is 2.14. The van der Waals surface area contributed by atoms with Gasteiger partial charge in [-0.25, -0.2) is 0 Å². The molecule has 15 heavy (non-hydrogen) atoms. The van der Waals surface area contributed by atoms with Gasteiger partial charge in [0.15, 0.2) is 0 Å². The number of fused-ring (bicyclic) bond motifs is 1. The second-order valence-corrected chi connectivity index (χ2v) is 5.32. The second kappa shape index (κ2) is 5.04. The smallest absolute Gasteiger partial charge is 0.0455 e. The molecule has 0 spiro atoms. The molecule has 0 fully saturated rings. The molecule has 0 saturated carbocycles. The van der Waals surface area contributed by atoms with E-state index in [0.717, 1.165) is 6.54 Å². The van der Waals surface area contributed by atoms with E-state index in [1.165, 1.54) is 23.3 Å². The molecule has 1 nitrogen and oxygen atoms in total. The van der Waals surface area contributed by atoms with Gasteiger partial charge in [0.2, 0.25) is 0 Å². The van der Waals surface area contributed by atoms with Gasteiger partial charge < -0.3 is 5.32 Å². The van der Waals surface area contributed by atoms with Crippen molar-refractivity contribution in [1.29, 1.82) is 0 Å². The lowest BCUT2D eigenvalue weighted by Crippen LogP contribution is -2.27. The molecule has 2 rings (SSSR count). The summed E-state index contributed by atoms with van der Waals surface area (Å²) in [5.74, 6) is 0. The van der Waals surface area contributed by atoms with Crippen LogP contribution in [0.4, 0.5) is 0 Å². The average molecular weight is 221 g/mol. The number of benzene rings is 1. The molecule has 0 saturated heterocycles. The molecule has 2 atom stereocenters. The van der Waals surface area contributed by atoms with E-state index in [-0.39, 0.29) is 0 Å². The fraction of sp³-hybridized carbons (Fsp3) is 0.538. The molecule has 1 aliphatic rings. The van der Waals surface area contributed by atoms with Crippen molar-refractivity contribution in [2.24, 2.45) is 0 Å². The van der Waals surface area contributed by atoms with E-state index in [4.69, 9.17) is 0 Å². The highest BCUT2D eigenvalue weighted by atomic mass is 32.2. The van der Waals surface area contributed by atoms with Gasteiger partial charge in [-0.2, -0.15) is 0 Å². The largest absolute Gasteiger partial charge is 0.309 e. The molecule has 2 unspecified atom stereocenters. The van der Waals surface area contributed by atoms with Crippen LogP contribution >= 0.6 is 11.8 Å². The van der Waals surface area contributed by atoms with Crippen LogP contribution in [0.1, 0.15) is 38.3 Å². The zero-order valence-corrected chi connectivity index (χ0v) is 10.3. The van der Waals surface area contributed by atoms with Crippen molar-refractivity contribution in [3.63, 3.8) is 0 Å². The highest BCUT2D eigenvalue weighted by Gasteiger charge is 2.30. The Morgan fingerprint density at radius 3 is 2.80 bits per heavy atom. The number of hydrogen-bond acceptors (Lipinski definition) is 2. The normalized spacial score (nSPS) is 24.1. The Bertz CT molecular complexity index is 324. The molecule has 0 radical (unpaired) electrons. The van der Waals surface area contributed by atoms with E-state index in [1.54, 1.807) is 0 Å². The Kier molecular flexibility index (Phi) is 3.71. The molecule has 0 aromatic heterocycles. The molecule has 1 heterocycles. The summed E-state index contributed by atoms with van der Waals surface area (Å²) in [7, 11) is 0. The van der Waals surface area contributed by atoms with E-state index in [9.17, 15) is 0 Å². The van der Waals surface area contributed by atoms with Crippen LogP contribution in [0.25, 0.3) is 0 Å². The Hall–Kier alpha value is -0.470. The molecule has 0 bridgehead atoms. The Labute approximate surface area is 96.7 Å². The number of nitrogens with one attached hydrogen (secondary N) is 1. The minimum Gasteiger partial charge on any atom is -0.309 e.